The van der Waals surface area contributed by atoms with Crippen molar-refractivity contribution >= 4 is 21.6 Å². The number of anilines is 1. The quantitative estimate of drug-likeness (QED) is 0.207. The zero-order chi connectivity index (χ0) is 32.4. The van der Waals surface area contributed by atoms with Crippen LogP contribution < -0.4 is 9.46 Å². The summed E-state index contributed by atoms with van der Waals surface area (Å²) in [5.74, 6) is 0.557. The standard InChI is InChI=1S/C37H44N2O4S/c1-24-14-10-11-15-30(24)23-43-35-26(3)18-29(19-27(35)4)22-39(9)36(40)32-16-12-13-17-33(32)38-44(41,42)34-21-31(37(6,7)8)20-25(2)28(34)5/h10-21,38H,22-23H2,1-9H3. The first-order valence-electron chi connectivity index (χ1n) is 14.8. The molecule has 7 heteroatoms. The number of para-hydroxylation sites is 1. The summed E-state index contributed by atoms with van der Waals surface area (Å²) < 4.78 is 36.3. The highest BCUT2D eigenvalue weighted by Gasteiger charge is 2.25. The van der Waals surface area contributed by atoms with Crippen molar-refractivity contribution in [1.82, 2.24) is 4.90 Å². The molecule has 232 valence electrons. The summed E-state index contributed by atoms with van der Waals surface area (Å²) in [6.07, 6.45) is 0. The minimum absolute atomic E-state index is 0.216. The van der Waals surface area contributed by atoms with Gasteiger partial charge in [-0.25, -0.2) is 8.42 Å². The highest BCUT2D eigenvalue weighted by molar-refractivity contribution is 7.92. The topological polar surface area (TPSA) is 75.7 Å². The Morgan fingerprint density at radius 1 is 0.818 bits per heavy atom. The van der Waals surface area contributed by atoms with Gasteiger partial charge < -0.3 is 9.64 Å². The Morgan fingerprint density at radius 2 is 1.43 bits per heavy atom. The molecule has 1 amide bonds. The highest BCUT2D eigenvalue weighted by Crippen LogP contribution is 2.31. The molecule has 1 N–H and O–H groups in total. The molecule has 6 nitrogen and oxygen atoms in total. The van der Waals surface area contributed by atoms with Crippen LogP contribution in [0.5, 0.6) is 5.75 Å². The van der Waals surface area contributed by atoms with E-state index in [0.29, 0.717) is 18.7 Å². The molecule has 0 saturated carbocycles. The average Bonchev–Trinajstić information content (AvgIpc) is 2.94. The largest absolute Gasteiger partial charge is 0.488 e. The van der Waals surface area contributed by atoms with E-state index in [9.17, 15) is 13.2 Å². The molecule has 0 fully saturated rings. The molecule has 0 aliphatic heterocycles. The van der Waals surface area contributed by atoms with Crippen LogP contribution in [-0.4, -0.2) is 26.3 Å². The molecule has 4 aromatic rings. The Kier molecular flexibility index (Phi) is 9.59. The number of nitrogens with zero attached hydrogens (tertiary/aromatic N) is 1. The van der Waals surface area contributed by atoms with E-state index in [0.717, 1.165) is 39.1 Å². The lowest BCUT2D eigenvalue weighted by molar-refractivity contribution is 0.0786. The second kappa shape index (κ2) is 12.9. The lowest BCUT2D eigenvalue weighted by Gasteiger charge is -2.23. The zero-order valence-electron chi connectivity index (χ0n) is 27.3. The molecule has 4 aromatic carbocycles. The van der Waals surface area contributed by atoms with Gasteiger partial charge in [0.05, 0.1) is 16.1 Å². The van der Waals surface area contributed by atoms with Crippen LogP contribution in [0.1, 0.15) is 75.6 Å². The predicted octanol–water partition coefficient (Wildman–Crippen LogP) is 8.18. The van der Waals surface area contributed by atoms with Crippen LogP contribution in [0.4, 0.5) is 5.69 Å². The first-order chi connectivity index (χ1) is 20.6. The van der Waals surface area contributed by atoms with Crippen molar-refractivity contribution in [2.75, 3.05) is 11.8 Å². The first-order valence-corrected chi connectivity index (χ1v) is 16.3. The fourth-order valence-electron chi connectivity index (χ4n) is 5.33. The Labute approximate surface area is 263 Å². The van der Waals surface area contributed by atoms with Gasteiger partial charge >= 0.3 is 0 Å². The summed E-state index contributed by atoms with van der Waals surface area (Å²) in [5.41, 5.74) is 8.10. The van der Waals surface area contributed by atoms with Gasteiger partial charge in [-0.05, 0) is 103 Å². The molecule has 0 heterocycles. The number of ether oxygens (including phenoxy) is 1. The Balaban J connectivity index is 1.54. The third-order valence-electron chi connectivity index (χ3n) is 8.10. The summed E-state index contributed by atoms with van der Waals surface area (Å²) >= 11 is 0. The molecule has 0 aliphatic rings. The van der Waals surface area contributed by atoms with E-state index in [1.807, 2.05) is 58.0 Å². The molecule has 0 saturated heterocycles. The minimum atomic E-state index is -3.97. The normalized spacial score (nSPS) is 11.8. The third-order valence-corrected chi connectivity index (χ3v) is 9.59. The summed E-state index contributed by atoms with van der Waals surface area (Å²) in [6, 6.07) is 22.7. The van der Waals surface area contributed by atoms with Crippen LogP contribution in [0.3, 0.4) is 0 Å². The van der Waals surface area contributed by atoms with Crippen molar-refractivity contribution in [2.24, 2.45) is 0 Å². The number of nitrogens with one attached hydrogen (secondary N) is 1. The van der Waals surface area contributed by atoms with E-state index < -0.39 is 10.0 Å². The number of sulfonamides is 1. The number of carbonyl (C=O) groups is 1. The lowest BCUT2D eigenvalue weighted by Crippen LogP contribution is -2.28. The van der Waals surface area contributed by atoms with Crippen molar-refractivity contribution in [3.63, 3.8) is 0 Å². The molecular weight excluding hydrogens is 568 g/mol. The van der Waals surface area contributed by atoms with Crippen molar-refractivity contribution in [3.05, 3.63) is 123 Å². The van der Waals surface area contributed by atoms with Gasteiger partial charge in [0.1, 0.15) is 12.4 Å². The fourth-order valence-corrected chi connectivity index (χ4v) is 6.75. The molecule has 0 spiro atoms. The number of amides is 1. The second-order valence-corrected chi connectivity index (χ2v) is 14.4. The molecule has 44 heavy (non-hydrogen) atoms. The van der Waals surface area contributed by atoms with E-state index in [2.05, 4.69) is 44.5 Å². The van der Waals surface area contributed by atoms with Gasteiger partial charge in [0.25, 0.3) is 15.9 Å². The van der Waals surface area contributed by atoms with Crippen molar-refractivity contribution in [3.8, 4) is 5.75 Å². The summed E-state index contributed by atoms with van der Waals surface area (Å²) in [5, 5.41) is 0. The summed E-state index contributed by atoms with van der Waals surface area (Å²) in [4.78, 5) is 15.5. The van der Waals surface area contributed by atoms with Gasteiger partial charge in [0, 0.05) is 13.6 Å². The van der Waals surface area contributed by atoms with Crippen LogP contribution in [0.15, 0.2) is 77.7 Å². The number of hydrogen-bond acceptors (Lipinski definition) is 4. The second-order valence-electron chi connectivity index (χ2n) is 12.8. The molecule has 0 radical (unpaired) electrons. The van der Waals surface area contributed by atoms with E-state index in [-0.39, 0.29) is 27.5 Å². The molecule has 0 bridgehead atoms. The SMILES string of the molecule is Cc1ccccc1COc1c(C)cc(CN(C)C(=O)c2ccccc2NS(=O)(=O)c2cc(C(C)(C)C)cc(C)c2C)cc1C. The molecule has 0 aliphatic carbocycles. The van der Waals surface area contributed by atoms with Gasteiger partial charge in [0.2, 0.25) is 0 Å². The fraction of sp³-hybridized carbons (Fsp3) is 0.324. The maximum Gasteiger partial charge on any atom is 0.262 e. The Hall–Kier alpha value is -4.10. The number of rotatable bonds is 9. The van der Waals surface area contributed by atoms with Crippen LogP contribution in [0.2, 0.25) is 0 Å². The van der Waals surface area contributed by atoms with E-state index in [4.69, 9.17) is 4.74 Å². The maximum atomic E-state index is 13.7. The minimum Gasteiger partial charge on any atom is -0.488 e. The van der Waals surface area contributed by atoms with Crippen molar-refractivity contribution in [2.45, 2.75) is 78.9 Å². The van der Waals surface area contributed by atoms with E-state index >= 15 is 0 Å². The van der Waals surface area contributed by atoms with E-state index in [1.54, 1.807) is 42.3 Å². The smallest absolute Gasteiger partial charge is 0.262 e. The van der Waals surface area contributed by atoms with Crippen LogP contribution >= 0.6 is 0 Å². The zero-order valence-corrected chi connectivity index (χ0v) is 28.1. The van der Waals surface area contributed by atoms with Crippen molar-refractivity contribution < 1.29 is 17.9 Å². The monoisotopic (exact) mass is 612 g/mol. The Morgan fingerprint density at radius 3 is 2.07 bits per heavy atom. The number of aryl methyl sites for hydroxylation is 4. The average molecular weight is 613 g/mol. The van der Waals surface area contributed by atoms with Crippen LogP contribution in [-0.2, 0) is 28.6 Å². The summed E-state index contributed by atoms with van der Waals surface area (Å²) in [6.45, 7) is 16.8. The van der Waals surface area contributed by atoms with Crippen molar-refractivity contribution in [1.29, 1.82) is 0 Å². The number of carbonyl (C=O) groups excluding carboxylic acids is 1. The van der Waals surface area contributed by atoms with Gasteiger partial charge in [-0.15, -0.1) is 0 Å². The molecular formula is C37H44N2O4S. The molecule has 4 rings (SSSR count). The predicted molar refractivity (Wildman–Crippen MR) is 179 cm³/mol. The number of benzene rings is 4. The number of hydrogen-bond donors (Lipinski definition) is 1. The van der Waals surface area contributed by atoms with Gasteiger partial charge in [-0.3, -0.25) is 9.52 Å². The maximum absolute atomic E-state index is 13.7. The molecule has 0 unspecified atom stereocenters. The van der Waals surface area contributed by atoms with Gasteiger partial charge in [-0.2, -0.15) is 0 Å². The van der Waals surface area contributed by atoms with Gasteiger partial charge in [-0.1, -0.05) is 75.4 Å². The first kappa shape index (κ1) is 32.8. The molecule has 0 aromatic heterocycles. The van der Waals surface area contributed by atoms with Gasteiger partial charge in [0.15, 0.2) is 0 Å². The van der Waals surface area contributed by atoms with Crippen LogP contribution in [0.25, 0.3) is 0 Å². The van der Waals surface area contributed by atoms with Crippen LogP contribution in [0, 0.1) is 34.6 Å². The van der Waals surface area contributed by atoms with E-state index in [1.165, 1.54) is 5.56 Å². The lowest BCUT2D eigenvalue weighted by atomic mass is 9.85. The Bertz CT molecular complexity index is 1780. The highest BCUT2D eigenvalue weighted by atomic mass is 32.2. The molecule has 0 atom stereocenters. The third kappa shape index (κ3) is 7.33. The summed E-state index contributed by atoms with van der Waals surface area (Å²) in [7, 11) is -2.25.